The Hall–Kier alpha value is -1.02. The van der Waals surface area contributed by atoms with Crippen molar-refractivity contribution < 1.29 is 0 Å². The SMILES string of the molecule is CCC1CCCCN1c1ccc(CNC)c(C)c1. The summed E-state index contributed by atoms with van der Waals surface area (Å²) in [5.41, 5.74) is 4.23. The van der Waals surface area contributed by atoms with Gasteiger partial charge in [0.1, 0.15) is 0 Å². The summed E-state index contributed by atoms with van der Waals surface area (Å²) in [6.45, 7) is 6.72. The Kier molecular flexibility index (Phi) is 4.65. The molecule has 0 radical (unpaired) electrons. The van der Waals surface area contributed by atoms with Gasteiger partial charge in [0.05, 0.1) is 0 Å². The van der Waals surface area contributed by atoms with Crippen molar-refractivity contribution >= 4 is 5.69 Å². The molecule has 18 heavy (non-hydrogen) atoms. The molecule has 2 rings (SSSR count). The van der Waals surface area contributed by atoms with Gasteiger partial charge in [0.15, 0.2) is 0 Å². The molecular formula is C16H26N2. The van der Waals surface area contributed by atoms with E-state index in [4.69, 9.17) is 0 Å². The standard InChI is InChI=1S/C16H26N2/c1-4-15-7-5-6-10-18(15)16-9-8-14(12-17-3)13(2)11-16/h8-9,11,15,17H,4-7,10,12H2,1-3H3. The summed E-state index contributed by atoms with van der Waals surface area (Å²) in [5, 5.41) is 3.23. The van der Waals surface area contributed by atoms with Crippen LogP contribution in [0.3, 0.4) is 0 Å². The van der Waals surface area contributed by atoms with Gasteiger partial charge in [-0.15, -0.1) is 0 Å². The average Bonchev–Trinajstić information content (AvgIpc) is 2.41. The largest absolute Gasteiger partial charge is 0.369 e. The van der Waals surface area contributed by atoms with Gasteiger partial charge in [-0.05, 0) is 62.9 Å². The van der Waals surface area contributed by atoms with E-state index in [-0.39, 0.29) is 0 Å². The lowest BCUT2D eigenvalue weighted by atomic mass is 9.98. The van der Waals surface area contributed by atoms with Crippen LogP contribution in [0.5, 0.6) is 0 Å². The summed E-state index contributed by atoms with van der Waals surface area (Å²) in [7, 11) is 2.01. The van der Waals surface area contributed by atoms with E-state index < -0.39 is 0 Å². The Morgan fingerprint density at radius 1 is 1.33 bits per heavy atom. The number of aryl methyl sites for hydroxylation is 1. The summed E-state index contributed by atoms with van der Waals surface area (Å²) in [4.78, 5) is 2.61. The highest BCUT2D eigenvalue weighted by Crippen LogP contribution is 2.28. The number of nitrogens with zero attached hydrogens (tertiary/aromatic N) is 1. The molecule has 1 aliphatic heterocycles. The maximum absolute atomic E-state index is 3.23. The third kappa shape index (κ3) is 2.86. The Bertz CT molecular complexity index is 387. The van der Waals surface area contributed by atoms with Crippen molar-refractivity contribution in [1.82, 2.24) is 5.32 Å². The van der Waals surface area contributed by atoms with Gasteiger partial charge < -0.3 is 10.2 Å². The Morgan fingerprint density at radius 2 is 2.17 bits per heavy atom. The van der Waals surface area contributed by atoms with E-state index >= 15 is 0 Å². The first-order chi connectivity index (χ1) is 8.76. The highest BCUT2D eigenvalue weighted by molar-refractivity contribution is 5.52. The fraction of sp³-hybridized carbons (Fsp3) is 0.625. The van der Waals surface area contributed by atoms with Crippen LogP contribution in [-0.2, 0) is 6.54 Å². The van der Waals surface area contributed by atoms with E-state index in [1.165, 1.54) is 49.0 Å². The van der Waals surface area contributed by atoms with E-state index in [0.717, 1.165) is 12.6 Å². The minimum atomic E-state index is 0.744. The second kappa shape index (κ2) is 6.24. The van der Waals surface area contributed by atoms with Crippen molar-refractivity contribution in [2.24, 2.45) is 0 Å². The van der Waals surface area contributed by atoms with Gasteiger partial charge in [-0.3, -0.25) is 0 Å². The summed E-state index contributed by atoms with van der Waals surface area (Å²) in [5.74, 6) is 0. The predicted octanol–water partition coefficient (Wildman–Crippen LogP) is 3.48. The third-order valence-corrected chi connectivity index (χ3v) is 4.12. The molecule has 1 aromatic carbocycles. The highest BCUT2D eigenvalue weighted by atomic mass is 15.2. The topological polar surface area (TPSA) is 15.3 Å². The quantitative estimate of drug-likeness (QED) is 0.875. The number of hydrogen-bond acceptors (Lipinski definition) is 2. The van der Waals surface area contributed by atoms with Crippen LogP contribution in [0, 0.1) is 6.92 Å². The zero-order chi connectivity index (χ0) is 13.0. The Labute approximate surface area is 111 Å². The lowest BCUT2D eigenvalue weighted by Gasteiger charge is -2.37. The lowest BCUT2D eigenvalue weighted by Crippen LogP contribution is -2.39. The van der Waals surface area contributed by atoms with E-state index in [1.807, 2.05) is 7.05 Å². The fourth-order valence-corrected chi connectivity index (χ4v) is 3.01. The molecule has 100 valence electrons. The molecule has 1 heterocycles. The van der Waals surface area contributed by atoms with E-state index in [9.17, 15) is 0 Å². The molecule has 1 aromatic rings. The number of anilines is 1. The minimum Gasteiger partial charge on any atom is -0.369 e. The molecule has 1 N–H and O–H groups in total. The van der Waals surface area contributed by atoms with Gasteiger partial charge in [0.2, 0.25) is 0 Å². The smallest absolute Gasteiger partial charge is 0.0371 e. The average molecular weight is 246 g/mol. The molecule has 0 saturated carbocycles. The molecule has 0 aliphatic carbocycles. The van der Waals surface area contributed by atoms with Gasteiger partial charge >= 0.3 is 0 Å². The minimum absolute atomic E-state index is 0.744. The van der Waals surface area contributed by atoms with Gasteiger partial charge in [0.25, 0.3) is 0 Å². The maximum Gasteiger partial charge on any atom is 0.0371 e. The molecule has 2 nitrogen and oxygen atoms in total. The number of hydrogen-bond donors (Lipinski definition) is 1. The second-order valence-corrected chi connectivity index (χ2v) is 5.39. The van der Waals surface area contributed by atoms with Gasteiger partial charge in [-0.2, -0.15) is 0 Å². The third-order valence-electron chi connectivity index (χ3n) is 4.12. The normalized spacial score (nSPS) is 20.2. The molecule has 1 fully saturated rings. The van der Waals surface area contributed by atoms with Gasteiger partial charge in [-0.25, -0.2) is 0 Å². The van der Waals surface area contributed by atoms with Crippen LogP contribution in [0.15, 0.2) is 18.2 Å². The molecule has 0 bridgehead atoms. The van der Waals surface area contributed by atoms with E-state index in [2.05, 4.69) is 42.3 Å². The van der Waals surface area contributed by atoms with Crippen LogP contribution in [0.4, 0.5) is 5.69 Å². The first-order valence-corrected chi connectivity index (χ1v) is 7.27. The number of piperidine rings is 1. The monoisotopic (exact) mass is 246 g/mol. The predicted molar refractivity (Wildman–Crippen MR) is 79.2 cm³/mol. The lowest BCUT2D eigenvalue weighted by molar-refractivity contribution is 0.450. The van der Waals surface area contributed by atoms with E-state index in [1.54, 1.807) is 0 Å². The van der Waals surface area contributed by atoms with Crippen molar-refractivity contribution in [1.29, 1.82) is 0 Å². The summed E-state index contributed by atoms with van der Waals surface area (Å²) in [6.07, 6.45) is 5.35. The van der Waals surface area contributed by atoms with Crippen molar-refractivity contribution in [2.75, 3.05) is 18.5 Å². The molecule has 0 aromatic heterocycles. The Morgan fingerprint density at radius 3 is 2.83 bits per heavy atom. The molecule has 1 saturated heterocycles. The van der Waals surface area contributed by atoms with Crippen LogP contribution in [-0.4, -0.2) is 19.6 Å². The summed E-state index contributed by atoms with van der Waals surface area (Å²) < 4.78 is 0. The molecule has 0 spiro atoms. The van der Waals surface area contributed by atoms with Crippen LogP contribution in [0.25, 0.3) is 0 Å². The van der Waals surface area contributed by atoms with E-state index in [0.29, 0.717) is 0 Å². The summed E-state index contributed by atoms with van der Waals surface area (Å²) >= 11 is 0. The van der Waals surface area contributed by atoms with Crippen LogP contribution in [0.1, 0.15) is 43.7 Å². The van der Waals surface area contributed by atoms with Crippen LogP contribution in [0.2, 0.25) is 0 Å². The van der Waals surface area contributed by atoms with Crippen molar-refractivity contribution in [3.05, 3.63) is 29.3 Å². The van der Waals surface area contributed by atoms with Gasteiger partial charge in [0, 0.05) is 24.8 Å². The highest BCUT2D eigenvalue weighted by Gasteiger charge is 2.21. The number of nitrogens with one attached hydrogen (secondary N) is 1. The van der Waals surface area contributed by atoms with Crippen LogP contribution < -0.4 is 10.2 Å². The molecule has 1 atom stereocenters. The molecular weight excluding hydrogens is 220 g/mol. The Balaban J connectivity index is 2.19. The van der Waals surface area contributed by atoms with Crippen molar-refractivity contribution in [3.63, 3.8) is 0 Å². The molecule has 0 amide bonds. The zero-order valence-corrected chi connectivity index (χ0v) is 12.0. The fourth-order valence-electron chi connectivity index (χ4n) is 3.01. The molecule has 1 aliphatic rings. The number of rotatable bonds is 4. The first-order valence-electron chi connectivity index (χ1n) is 7.27. The van der Waals surface area contributed by atoms with Crippen LogP contribution >= 0.6 is 0 Å². The summed E-state index contributed by atoms with van der Waals surface area (Å²) in [6, 6.07) is 7.69. The zero-order valence-electron chi connectivity index (χ0n) is 12.0. The second-order valence-electron chi connectivity index (χ2n) is 5.39. The van der Waals surface area contributed by atoms with Crippen molar-refractivity contribution in [2.45, 2.75) is 52.1 Å². The molecule has 2 heteroatoms. The van der Waals surface area contributed by atoms with Gasteiger partial charge in [-0.1, -0.05) is 13.0 Å². The number of benzene rings is 1. The first kappa shape index (κ1) is 13.4. The van der Waals surface area contributed by atoms with Crippen molar-refractivity contribution in [3.8, 4) is 0 Å². The maximum atomic E-state index is 3.23. The molecule has 1 unspecified atom stereocenters.